The Morgan fingerprint density at radius 1 is 1.67 bits per heavy atom. The van der Waals surface area contributed by atoms with Crippen LogP contribution in [-0.4, -0.2) is 24.0 Å². The molecule has 1 heterocycles. The molecule has 0 aliphatic heterocycles. The van der Waals surface area contributed by atoms with Crippen LogP contribution in [0.2, 0.25) is 0 Å². The Morgan fingerprint density at radius 3 is 3.00 bits per heavy atom. The maximum absolute atomic E-state index is 5.18. The molecule has 1 aromatic heterocycles. The number of hydrazine groups is 1. The molecule has 68 valence electrons. The Balaban J connectivity index is 2.52. The van der Waals surface area contributed by atoms with Crippen molar-refractivity contribution in [1.29, 1.82) is 0 Å². The highest BCUT2D eigenvalue weighted by Gasteiger charge is 2.01. The second-order valence-electron chi connectivity index (χ2n) is 2.84. The number of hydrogen-bond donors (Lipinski definition) is 2. The van der Waals surface area contributed by atoms with Gasteiger partial charge in [0.15, 0.2) is 0 Å². The molecule has 0 bridgehead atoms. The van der Waals surface area contributed by atoms with E-state index in [2.05, 4.69) is 15.3 Å². The lowest BCUT2D eigenvalue weighted by Crippen LogP contribution is -2.20. The molecule has 0 fully saturated rings. The van der Waals surface area contributed by atoms with Crippen molar-refractivity contribution >= 4 is 11.3 Å². The maximum atomic E-state index is 5.18. The molecule has 0 unspecified atom stereocenters. The van der Waals surface area contributed by atoms with Crippen LogP contribution in [-0.2, 0) is 13.1 Å². The summed E-state index contributed by atoms with van der Waals surface area (Å²) in [5.41, 5.74) is 2.58. The van der Waals surface area contributed by atoms with E-state index in [0.29, 0.717) is 6.54 Å². The van der Waals surface area contributed by atoms with Gasteiger partial charge in [-0.25, -0.2) is 4.98 Å². The second-order valence-corrected chi connectivity index (χ2v) is 4.04. The molecule has 0 radical (unpaired) electrons. The third-order valence-electron chi connectivity index (χ3n) is 1.33. The molecule has 1 rings (SSSR count). The van der Waals surface area contributed by atoms with Gasteiger partial charge in [0.05, 0.1) is 6.54 Å². The van der Waals surface area contributed by atoms with Crippen LogP contribution in [0, 0.1) is 0 Å². The van der Waals surface area contributed by atoms with E-state index in [0.717, 1.165) is 11.6 Å². The molecule has 0 aliphatic rings. The molecule has 4 nitrogen and oxygen atoms in total. The summed E-state index contributed by atoms with van der Waals surface area (Å²) < 4.78 is 0. The molecule has 1 aromatic rings. The molecular formula is C7H14N4S. The molecule has 0 aliphatic carbocycles. The van der Waals surface area contributed by atoms with E-state index >= 15 is 0 Å². The average Bonchev–Trinajstić information content (AvgIpc) is 2.36. The lowest BCUT2D eigenvalue weighted by atomic mass is 10.5. The monoisotopic (exact) mass is 186 g/mol. The van der Waals surface area contributed by atoms with Crippen molar-refractivity contribution < 1.29 is 0 Å². The van der Waals surface area contributed by atoms with E-state index in [-0.39, 0.29) is 0 Å². The summed E-state index contributed by atoms with van der Waals surface area (Å²) in [4.78, 5) is 7.60. The Kier molecular flexibility index (Phi) is 3.61. The summed E-state index contributed by atoms with van der Waals surface area (Å²) in [5.74, 6) is 5.18. The smallest absolute Gasteiger partial charge is 0.108 e. The Morgan fingerprint density at radius 2 is 2.42 bits per heavy atom. The standard InChI is InChI=1S/C7H14N4S/c1-11(2)5-6-3-9-7(12-6)4-10-8/h3,10H,4-5,8H2,1-2H3. The van der Waals surface area contributed by atoms with Crippen LogP contribution < -0.4 is 11.3 Å². The number of rotatable bonds is 4. The van der Waals surface area contributed by atoms with Crippen LogP contribution in [0.4, 0.5) is 0 Å². The highest BCUT2D eigenvalue weighted by atomic mass is 32.1. The quantitative estimate of drug-likeness (QED) is 0.520. The van der Waals surface area contributed by atoms with Gasteiger partial charge in [-0.2, -0.15) is 0 Å². The predicted molar refractivity (Wildman–Crippen MR) is 50.5 cm³/mol. The van der Waals surface area contributed by atoms with Gasteiger partial charge in [0, 0.05) is 17.6 Å². The predicted octanol–water partition coefficient (Wildman–Crippen LogP) is 0.168. The molecule has 0 amide bonds. The van der Waals surface area contributed by atoms with Crippen molar-refractivity contribution in [1.82, 2.24) is 15.3 Å². The zero-order chi connectivity index (χ0) is 8.97. The summed E-state index contributed by atoms with van der Waals surface area (Å²) in [7, 11) is 4.08. The first-order chi connectivity index (χ1) is 5.72. The lowest BCUT2D eigenvalue weighted by molar-refractivity contribution is 0.406. The van der Waals surface area contributed by atoms with Crippen molar-refractivity contribution in [2.45, 2.75) is 13.1 Å². The van der Waals surface area contributed by atoms with Crippen molar-refractivity contribution in [3.8, 4) is 0 Å². The van der Waals surface area contributed by atoms with Gasteiger partial charge in [0.25, 0.3) is 0 Å². The van der Waals surface area contributed by atoms with Gasteiger partial charge >= 0.3 is 0 Å². The average molecular weight is 186 g/mol. The van der Waals surface area contributed by atoms with Crippen LogP contribution in [0.3, 0.4) is 0 Å². The Bertz CT molecular complexity index is 233. The number of thiazole rings is 1. The SMILES string of the molecule is CN(C)Cc1cnc(CNN)s1. The fourth-order valence-electron chi connectivity index (χ4n) is 0.902. The van der Waals surface area contributed by atoms with Gasteiger partial charge in [-0.05, 0) is 14.1 Å². The van der Waals surface area contributed by atoms with Crippen LogP contribution in [0.5, 0.6) is 0 Å². The molecule has 5 heteroatoms. The molecular weight excluding hydrogens is 172 g/mol. The third-order valence-corrected chi connectivity index (χ3v) is 2.31. The van der Waals surface area contributed by atoms with Gasteiger partial charge in [0.2, 0.25) is 0 Å². The summed E-state index contributed by atoms with van der Waals surface area (Å²) in [6, 6.07) is 0. The maximum Gasteiger partial charge on any atom is 0.108 e. The molecule has 12 heavy (non-hydrogen) atoms. The largest absolute Gasteiger partial charge is 0.304 e. The number of nitrogens with one attached hydrogen (secondary N) is 1. The minimum Gasteiger partial charge on any atom is -0.304 e. The van der Waals surface area contributed by atoms with Gasteiger partial charge < -0.3 is 4.90 Å². The molecule has 0 spiro atoms. The van der Waals surface area contributed by atoms with Gasteiger partial charge in [-0.3, -0.25) is 11.3 Å². The lowest BCUT2D eigenvalue weighted by Gasteiger charge is -2.05. The highest BCUT2D eigenvalue weighted by molar-refractivity contribution is 7.11. The van der Waals surface area contributed by atoms with E-state index in [9.17, 15) is 0 Å². The summed E-state index contributed by atoms with van der Waals surface area (Å²) in [6.07, 6.45) is 1.90. The van der Waals surface area contributed by atoms with Crippen molar-refractivity contribution in [2.24, 2.45) is 5.84 Å². The van der Waals surface area contributed by atoms with E-state index in [1.165, 1.54) is 4.88 Å². The summed E-state index contributed by atoms with van der Waals surface area (Å²) in [5, 5.41) is 1.04. The second kappa shape index (κ2) is 4.51. The topological polar surface area (TPSA) is 54.2 Å². The first-order valence-electron chi connectivity index (χ1n) is 3.74. The van der Waals surface area contributed by atoms with Crippen LogP contribution in [0.1, 0.15) is 9.88 Å². The zero-order valence-electron chi connectivity index (χ0n) is 7.37. The Hall–Kier alpha value is -0.490. The number of nitrogens with two attached hydrogens (primary N) is 1. The van der Waals surface area contributed by atoms with E-state index in [1.54, 1.807) is 11.3 Å². The number of nitrogens with zero attached hydrogens (tertiary/aromatic N) is 2. The normalized spacial score (nSPS) is 11.0. The van der Waals surface area contributed by atoms with Gasteiger partial charge in [-0.1, -0.05) is 0 Å². The van der Waals surface area contributed by atoms with Gasteiger partial charge in [-0.15, -0.1) is 11.3 Å². The van der Waals surface area contributed by atoms with Crippen LogP contribution >= 0.6 is 11.3 Å². The summed E-state index contributed by atoms with van der Waals surface area (Å²) >= 11 is 1.69. The van der Waals surface area contributed by atoms with Crippen LogP contribution in [0.25, 0.3) is 0 Å². The molecule has 0 aromatic carbocycles. The van der Waals surface area contributed by atoms with E-state index in [4.69, 9.17) is 5.84 Å². The van der Waals surface area contributed by atoms with Crippen molar-refractivity contribution in [2.75, 3.05) is 14.1 Å². The molecule has 0 saturated carbocycles. The highest BCUT2D eigenvalue weighted by Crippen LogP contribution is 2.13. The Labute approximate surface area is 76.4 Å². The zero-order valence-corrected chi connectivity index (χ0v) is 8.19. The third kappa shape index (κ3) is 2.86. The van der Waals surface area contributed by atoms with Gasteiger partial charge in [0.1, 0.15) is 5.01 Å². The van der Waals surface area contributed by atoms with E-state index < -0.39 is 0 Å². The fraction of sp³-hybridized carbons (Fsp3) is 0.571. The molecule has 0 atom stereocenters. The minimum absolute atomic E-state index is 0.651. The van der Waals surface area contributed by atoms with E-state index in [1.807, 2.05) is 20.3 Å². The van der Waals surface area contributed by atoms with Crippen molar-refractivity contribution in [3.63, 3.8) is 0 Å². The summed E-state index contributed by atoms with van der Waals surface area (Å²) in [6.45, 7) is 1.60. The fourth-order valence-corrected chi connectivity index (χ4v) is 1.89. The number of hydrogen-bond acceptors (Lipinski definition) is 5. The number of aromatic nitrogens is 1. The first-order valence-corrected chi connectivity index (χ1v) is 4.56. The first kappa shape index (κ1) is 9.60. The molecule has 0 saturated heterocycles. The van der Waals surface area contributed by atoms with Crippen LogP contribution in [0.15, 0.2) is 6.20 Å². The minimum atomic E-state index is 0.651. The molecule has 3 N–H and O–H groups in total. The van der Waals surface area contributed by atoms with Crippen molar-refractivity contribution in [3.05, 3.63) is 16.1 Å².